The Morgan fingerprint density at radius 1 is 1.26 bits per heavy atom. The highest BCUT2D eigenvalue weighted by atomic mass is 15.2. The molecular weight excluding hydrogens is 232 g/mol. The molecule has 1 aliphatic heterocycles. The van der Waals surface area contributed by atoms with Gasteiger partial charge in [0.2, 0.25) is 0 Å². The highest BCUT2D eigenvalue weighted by Crippen LogP contribution is 2.34. The predicted molar refractivity (Wildman–Crippen MR) is 81.9 cm³/mol. The Labute approximate surface area is 117 Å². The van der Waals surface area contributed by atoms with Gasteiger partial charge in [0.25, 0.3) is 0 Å². The Morgan fingerprint density at radius 2 is 2.16 bits per heavy atom. The summed E-state index contributed by atoms with van der Waals surface area (Å²) in [6, 6.07) is 8.41. The number of benzene rings is 1. The second-order valence-electron chi connectivity index (χ2n) is 6.09. The van der Waals surface area contributed by atoms with Crippen molar-refractivity contribution in [1.29, 1.82) is 0 Å². The van der Waals surface area contributed by atoms with Gasteiger partial charge in [-0.05, 0) is 57.2 Å². The van der Waals surface area contributed by atoms with Gasteiger partial charge in [-0.2, -0.15) is 0 Å². The fraction of sp³-hybridized carbons (Fsp3) is 0.647. The fourth-order valence-electron chi connectivity index (χ4n) is 3.91. The molecule has 1 heterocycles. The highest BCUT2D eigenvalue weighted by Gasteiger charge is 2.33. The minimum absolute atomic E-state index is 0.692. The van der Waals surface area contributed by atoms with Crippen LogP contribution in [0.1, 0.15) is 43.7 Å². The molecule has 0 saturated heterocycles. The van der Waals surface area contributed by atoms with Crippen molar-refractivity contribution >= 4 is 5.69 Å². The van der Waals surface area contributed by atoms with E-state index in [-0.39, 0.29) is 0 Å². The number of hydrogen-bond donors (Lipinski definition) is 1. The van der Waals surface area contributed by atoms with Gasteiger partial charge in [0.1, 0.15) is 0 Å². The van der Waals surface area contributed by atoms with Crippen molar-refractivity contribution in [3.63, 3.8) is 0 Å². The standard InChI is InChI=1S/C17H26N2/c1-3-18-15-7-4-8-17(15)19-11-5-6-14-12-13(2)9-10-16(14)19/h9-10,12,15,17-18H,3-8,11H2,1-2H3. The first-order chi connectivity index (χ1) is 9.29. The third-order valence-corrected chi connectivity index (χ3v) is 4.74. The number of anilines is 1. The number of aryl methyl sites for hydroxylation is 2. The third-order valence-electron chi connectivity index (χ3n) is 4.74. The first kappa shape index (κ1) is 13.0. The van der Waals surface area contributed by atoms with Crippen molar-refractivity contribution in [3.05, 3.63) is 29.3 Å². The molecule has 2 aliphatic rings. The van der Waals surface area contributed by atoms with Crippen LogP contribution in [-0.4, -0.2) is 25.2 Å². The van der Waals surface area contributed by atoms with Gasteiger partial charge in [0.05, 0.1) is 0 Å². The fourth-order valence-corrected chi connectivity index (χ4v) is 3.91. The third kappa shape index (κ3) is 2.51. The van der Waals surface area contributed by atoms with Crippen LogP contribution >= 0.6 is 0 Å². The van der Waals surface area contributed by atoms with E-state index < -0.39 is 0 Å². The summed E-state index contributed by atoms with van der Waals surface area (Å²) >= 11 is 0. The Bertz CT molecular complexity index is 441. The van der Waals surface area contributed by atoms with Crippen LogP contribution in [0.5, 0.6) is 0 Å². The molecule has 1 aliphatic carbocycles. The Hall–Kier alpha value is -1.02. The largest absolute Gasteiger partial charge is 0.367 e. The van der Waals surface area contributed by atoms with E-state index in [9.17, 15) is 0 Å². The second-order valence-corrected chi connectivity index (χ2v) is 6.09. The Balaban J connectivity index is 1.86. The van der Waals surface area contributed by atoms with Crippen molar-refractivity contribution in [2.24, 2.45) is 0 Å². The van der Waals surface area contributed by atoms with E-state index in [2.05, 4.69) is 42.3 Å². The lowest BCUT2D eigenvalue weighted by Gasteiger charge is -2.39. The van der Waals surface area contributed by atoms with Gasteiger partial charge in [-0.3, -0.25) is 0 Å². The van der Waals surface area contributed by atoms with E-state index in [1.807, 2.05) is 0 Å². The summed E-state index contributed by atoms with van der Waals surface area (Å²) < 4.78 is 0. The van der Waals surface area contributed by atoms with Gasteiger partial charge in [0.15, 0.2) is 0 Å². The average Bonchev–Trinajstić information content (AvgIpc) is 2.86. The van der Waals surface area contributed by atoms with Crippen LogP contribution in [-0.2, 0) is 6.42 Å². The van der Waals surface area contributed by atoms with Crippen molar-refractivity contribution in [1.82, 2.24) is 5.32 Å². The van der Waals surface area contributed by atoms with Crippen LogP contribution in [0.4, 0.5) is 5.69 Å². The molecular formula is C17H26N2. The summed E-state index contributed by atoms with van der Waals surface area (Å²) in [7, 11) is 0. The van der Waals surface area contributed by atoms with Gasteiger partial charge >= 0.3 is 0 Å². The van der Waals surface area contributed by atoms with Gasteiger partial charge in [-0.25, -0.2) is 0 Å². The zero-order valence-electron chi connectivity index (χ0n) is 12.3. The summed E-state index contributed by atoms with van der Waals surface area (Å²) in [6.07, 6.45) is 6.64. The van der Waals surface area contributed by atoms with E-state index >= 15 is 0 Å². The van der Waals surface area contributed by atoms with Crippen LogP contribution in [0.25, 0.3) is 0 Å². The number of likely N-dealkylation sites (N-methyl/N-ethyl adjacent to an activating group) is 1. The molecule has 0 spiro atoms. The number of hydrogen-bond acceptors (Lipinski definition) is 2. The molecule has 19 heavy (non-hydrogen) atoms. The van der Waals surface area contributed by atoms with Gasteiger partial charge in [-0.15, -0.1) is 0 Å². The number of fused-ring (bicyclic) bond motifs is 1. The summed E-state index contributed by atoms with van der Waals surface area (Å²) in [5.41, 5.74) is 4.47. The molecule has 2 unspecified atom stereocenters. The molecule has 1 saturated carbocycles. The summed E-state index contributed by atoms with van der Waals surface area (Å²) in [4.78, 5) is 2.69. The lowest BCUT2D eigenvalue weighted by molar-refractivity contribution is 0.451. The van der Waals surface area contributed by atoms with Crippen molar-refractivity contribution in [2.75, 3.05) is 18.0 Å². The first-order valence-electron chi connectivity index (χ1n) is 7.89. The van der Waals surface area contributed by atoms with E-state index in [4.69, 9.17) is 0 Å². The lowest BCUT2D eigenvalue weighted by Crippen LogP contribution is -2.48. The van der Waals surface area contributed by atoms with Gasteiger partial charge in [0, 0.05) is 24.3 Å². The average molecular weight is 258 g/mol. The topological polar surface area (TPSA) is 15.3 Å². The highest BCUT2D eigenvalue weighted by molar-refractivity contribution is 5.57. The van der Waals surface area contributed by atoms with Crippen molar-refractivity contribution < 1.29 is 0 Å². The molecule has 0 radical (unpaired) electrons. The molecule has 1 aromatic rings. The maximum absolute atomic E-state index is 3.69. The summed E-state index contributed by atoms with van der Waals surface area (Å²) in [6.45, 7) is 6.76. The first-order valence-corrected chi connectivity index (χ1v) is 7.89. The van der Waals surface area contributed by atoms with E-state index in [0.29, 0.717) is 12.1 Å². The minimum Gasteiger partial charge on any atom is -0.367 e. The molecule has 1 aromatic carbocycles. The lowest BCUT2D eigenvalue weighted by atomic mass is 9.97. The number of nitrogens with zero attached hydrogens (tertiary/aromatic N) is 1. The van der Waals surface area contributed by atoms with Crippen molar-refractivity contribution in [2.45, 2.75) is 58.0 Å². The molecule has 2 atom stereocenters. The maximum atomic E-state index is 3.69. The van der Waals surface area contributed by atoms with Gasteiger partial charge in [-0.1, -0.05) is 24.6 Å². The summed E-state index contributed by atoms with van der Waals surface area (Å²) in [5.74, 6) is 0. The normalized spacial score (nSPS) is 26.5. The molecule has 104 valence electrons. The zero-order valence-corrected chi connectivity index (χ0v) is 12.3. The summed E-state index contributed by atoms with van der Waals surface area (Å²) in [5, 5.41) is 3.69. The van der Waals surface area contributed by atoms with Crippen LogP contribution in [0.2, 0.25) is 0 Å². The van der Waals surface area contributed by atoms with E-state index in [1.165, 1.54) is 49.9 Å². The Morgan fingerprint density at radius 3 is 3.00 bits per heavy atom. The predicted octanol–water partition coefficient (Wildman–Crippen LogP) is 3.28. The zero-order chi connectivity index (χ0) is 13.2. The molecule has 2 nitrogen and oxygen atoms in total. The second kappa shape index (κ2) is 5.54. The van der Waals surface area contributed by atoms with Crippen LogP contribution in [0.3, 0.4) is 0 Å². The molecule has 0 aromatic heterocycles. The maximum Gasteiger partial charge on any atom is 0.0443 e. The number of nitrogens with one attached hydrogen (secondary N) is 1. The molecule has 1 fully saturated rings. The smallest absolute Gasteiger partial charge is 0.0443 e. The van der Waals surface area contributed by atoms with Crippen LogP contribution in [0.15, 0.2) is 18.2 Å². The van der Waals surface area contributed by atoms with Crippen LogP contribution < -0.4 is 10.2 Å². The number of rotatable bonds is 3. The monoisotopic (exact) mass is 258 g/mol. The quantitative estimate of drug-likeness (QED) is 0.895. The van der Waals surface area contributed by atoms with Gasteiger partial charge < -0.3 is 10.2 Å². The van der Waals surface area contributed by atoms with Crippen LogP contribution in [0, 0.1) is 6.92 Å². The molecule has 0 amide bonds. The minimum atomic E-state index is 0.692. The Kier molecular flexibility index (Phi) is 3.79. The molecule has 0 bridgehead atoms. The van der Waals surface area contributed by atoms with E-state index in [0.717, 1.165) is 6.54 Å². The SMILES string of the molecule is CCNC1CCCC1N1CCCc2cc(C)ccc21. The molecule has 3 rings (SSSR count). The van der Waals surface area contributed by atoms with Crippen molar-refractivity contribution in [3.8, 4) is 0 Å². The molecule has 2 heteroatoms. The van der Waals surface area contributed by atoms with E-state index in [1.54, 1.807) is 5.56 Å². The molecule has 1 N–H and O–H groups in total.